The molecule has 0 rings (SSSR count). The molecule has 0 aromatic heterocycles. The highest BCUT2D eigenvalue weighted by Gasteiger charge is 2.38. The van der Waals surface area contributed by atoms with Gasteiger partial charge in [0.15, 0.2) is 0 Å². The van der Waals surface area contributed by atoms with Crippen molar-refractivity contribution in [3.8, 4) is 0 Å². The van der Waals surface area contributed by atoms with Gasteiger partial charge in [0.05, 0.1) is 5.60 Å². The van der Waals surface area contributed by atoms with Crippen molar-refractivity contribution in [3.05, 3.63) is 12.2 Å². The van der Waals surface area contributed by atoms with E-state index in [1.54, 1.807) is 13.8 Å². The largest absolute Gasteiger partial charge is 0.478 e. The number of carboxylic acids is 1. The highest BCUT2D eigenvalue weighted by molar-refractivity contribution is 5.90. The zero-order valence-electron chi connectivity index (χ0n) is 9.27. The molecule has 0 unspecified atom stereocenters. The first-order chi connectivity index (χ1) is 6.56. The standard InChI is InChI=1S/C10H16O5/c1-9(2,14)10(3,4)15-8(13)6-5-7(11)12/h5-6,14H,1-4H3,(H,11,12). The lowest BCUT2D eigenvalue weighted by molar-refractivity contribution is -0.175. The van der Waals surface area contributed by atoms with Crippen LogP contribution in [0.1, 0.15) is 27.7 Å². The number of carbonyl (C=O) groups excluding carboxylic acids is 1. The fraction of sp³-hybridized carbons (Fsp3) is 0.600. The number of carbonyl (C=O) groups is 2. The van der Waals surface area contributed by atoms with Gasteiger partial charge in [0.1, 0.15) is 5.60 Å². The molecule has 0 fully saturated rings. The van der Waals surface area contributed by atoms with Crippen LogP contribution in [0.2, 0.25) is 0 Å². The maximum absolute atomic E-state index is 11.1. The van der Waals surface area contributed by atoms with Gasteiger partial charge >= 0.3 is 11.9 Å². The van der Waals surface area contributed by atoms with Crippen molar-refractivity contribution in [2.75, 3.05) is 0 Å². The Morgan fingerprint density at radius 2 is 1.60 bits per heavy atom. The maximum atomic E-state index is 11.1. The summed E-state index contributed by atoms with van der Waals surface area (Å²) in [6.45, 7) is 6.08. The molecule has 0 heterocycles. The number of carboxylic acid groups (broad SMARTS) is 1. The second kappa shape index (κ2) is 4.44. The van der Waals surface area contributed by atoms with Gasteiger partial charge in [0, 0.05) is 12.2 Å². The Labute approximate surface area is 88.4 Å². The van der Waals surface area contributed by atoms with Crippen molar-refractivity contribution in [1.82, 2.24) is 0 Å². The molecular formula is C10H16O5. The fourth-order valence-electron chi connectivity index (χ4n) is 0.550. The normalized spacial score (nSPS) is 12.9. The van der Waals surface area contributed by atoms with Crippen LogP contribution in [0.15, 0.2) is 12.2 Å². The van der Waals surface area contributed by atoms with Gasteiger partial charge in [-0.05, 0) is 27.7 Å². The summed E-state index contributed by atoms with van der Waals surface area (Å²) in [5, 5.41) is 17.9. The molecular weight excluding hydrogens is 200 g/mol. The summed E-state index contributed by atoms with van der Waals surface area (Å²) in [6, 6.07) is 0. The van der Waals surface area contributed by atoms with Crippen molar-refractivity contribution < 1.29 is 24.5 Å². The van der Waals surface area contributed by atoms with E-state index in [4.69, 9.17) is 9.84 Å². The summed E-state index contributed by atoms with van der Waals surface area (Å²) in [7, 11) is 0. The van der Waals surface area contributed by atoms with Crippen LogP contribution in [0.25, 0.3) is 0 Å². The molecule has 15 heavy (non-hydrogen) atoms. The molecule has 0 radical (unpaired) electrons. The predicted octanol–water partition coefficient (Wildman–Crippen LogP) is 0.720. The molecule has 0 aromatic rings. The molecule has 0 atom stereocenters. The summed E-state index contributed by atoms with van der Waals surface area (Å²) in [4.78, 5) is 21.2. The number of rotatable bonds is 4. The summed E-state index contributed by atoms with van der Waals surface area (Å²) >= 11 is 0. The van der Waals surface area contributed by atoms with Gasteiger partial charge in [-0.3, -0.25) is 0 Å². The van der Waals surface area contributed by atoms with Crippen LogP contribution in [-0.2, 0) is 14.3 Å². The van der Waals surface area contributed by atoms with Gasteiger partial charge in [-0.15, -0.1) is 0 Å². The van der Waals surface area contributed by atoms with E-state index in [2.05, 4.69) is 0 Å². The Morgan fingerprint density at radius 1 is 1.13 bits per heavy atom. The van der Waals surface area contributed by atoms with Crippen LogP contribution >= 0.6 is 0 Å². The summed E-state index contributed by atoms with van der Waals surface area (Å²) in [6.07, 6.45) is 1.48. The second-order valence-corrected chi connectivity index (χ2v) is 4.16. The number of esters is 1. The molecule has 0 aromatic carbocycles. The Hall–Kier alpha value is -1.36. The number of aliphatic hydroxyl groups is 1. The second-order valence-electron chi connectivity index (χ2n) is 4.16. The van der Waals surface area contributed by atoms with Crippen LogP contribution in [0.3, 0.4) is 0 Å². The number of ether oxygens (including phenoxy) is 1. The monoisotopic (exact) mass is 216 g/mol. The van der Waals surface area contributed by atoms with Gasteiger partial charge in [-0.25, -0.2) is 9.59 Å². The first kappa shape index (κ1) is 13.6. The van der Waals surface area contributed by atoms with Gasteiger partial charge in [0.25, 0.3) is 0 Å². The smallest absolute Gasteiger partial charge is 0.331 e. The molecule has 0 aliphatic rings. The van der Waals surface area contributed by atoms with Crippen LogP contribution in [0, 0.1) is 0 Å². The lowest BCUT2D eigenvalue weighted by Gasteiger charge is -2.36. The first-order valence-corrected chi connectivity index (χ1v) is 4.42. The highest BCUT2D eigenvalue weighted by Crippen LogP contribution is 2.25. The molecule has 0 saturated carbocycles. The van der Waals surface area contributed by atoms with E-state index in [1.807, 2.05) is 0 Å². The Morgan fingerprint density at radius 3 is 1.93 bits per heavy atom. The van der Waals surface area contributed by atoms with E-state index in [1.165, 1.54) is 13.8 Å². The van der Waals surface area contributed by atoms with Gasteiger partial charge in [-0.2, -0.15) is 0 Å². The average Bonchev–Trinajstić information content (AvgIpc) is 1.97. The molecule has 0 aliphatic heterocycles. The van der Waals surface area contributed by atoms with Gasteiger partial charge in [-0.1, -0.05) is 0 Å². The minimum absolute atomic E-state index is 0.683. The average molecular weight is 216 g/mol. The van der Waals surface area contributed by atoms with Crippen molar-refractivity contribution in [2.45, 2.75) is 38.9 Å². The molecule has 0 aliphatic carbocycles. The van der Waals surface area contributed by atoms with Crippen LogP contribution in [0.5, 0.6) is 0 Å². The van der Waals surface area contributed by atoms with Crippen molar-refractivity contribution in [1.29, 1.82) is 0 Å². The number of hydrogen-bond acceptors (Lipinski definition) is 4. The minimum Gasteiger partial charge on any atom is -0.478 e. The van der Waals surface area contributed by atoms with Crippen molar-refractivity contribution in [2.24, 2.45) is 0 Å². The molecule has 0 saturated heterocycles. The third-order valence-electron chi connectivity index (χ3n) is 2.19. The van der Waals surface area contributed by atoms with E-state index < -0.39 is 23.1 Å². The zero-order chi connectivity index (χ0) is 12.3. The highest BCUT2D eigenvalue weighted by atomic mass is 16.6. The van der Waals surface area contributed by atoms with E-state index in [0.717, 1.165) is 6.08 Å². The van der Waals surface area contributed by atoms with E-state index in [9.17, 15) is 14.7 Å². The van der Waals surface area contributed by atoms with E-state index >= 15 is 0 Å². The number of aliphatic carboxylic acids is 1. The summed E-state index contributed by atoms with van der Waals surface area (Å²) in [5.41, 5.74) is -2.30. The Bertz CT molecular complexity index is 283. The maximum Gasteiger partial charge on any atom is 0.331 e. The molecule has 0 amide bonds. The predicted molar refractivity (Wildman–Crippen MR) is 53.2 cm³/mol. The molecule has 0 spiro atoms. The lowest BCUT2D eigenvalue weighted by atomic mass is 9.89. The fourth-order valence-corrected chi connectivity index (χ4v) is 0.550. The number of hydrogen-bond donors (Lipinski definition) is 2. The zero-order valence-corrected chi connectivity index (χ0v) is 9.27. The summed E-state index contributed by atoms with van der Waals surface area (Å²) in [5.74, 6) is -2.03. The molecule has 0 bridgehead atoms. The Balaban J connectivity index is 4.49. The van der Waals surface area contributed by atoms with E-state index in [0.29, 0.717) is 6.08 Å². The first-order valence-electron chi connectivity index (χ1n) is 4.42. The van der Waals surface area contributed by atoms with Gasteiger partial charge in [0.2, 0.25) is 0 Å². The lowest BCUT2D eigenvalue weighted by Crippen LogP contribution is -2.48. The Kier molecular flexibility index (Phi) is 4.04. The summed E-state index contributed by atoms with van der Waals surface area (Å²) < 4.78 is 4.91. The molecule has 2 N–H and O–H groups in total. The molecule has 86 valence electrons. The van der Waals surface area contributed by atoms with Crippen molar-refractivity contribution in [3.63, 3.8) is 0 Å². The van der Waals surface area contributed by atoms with Gasteiger partial charge < -0.3 is 14.9 Å². The SMILES string of the molecule is CC(C)(O)C(C)(C)OC(=O)C=CC(=O)O. The van der Waals surface area contributed by atoms with Crippen LogP contribution in [0.4, 0.5) is 0 Å². The van der Waals surface area contributed by atoms with Crippen LogP contribution < -0.4 is 0 Å². The van der Waals surface area contributed by atoms with Crippen LogP contribution in [-0.4, -0.2) is 33.4 Å². The molecule has 5 heteroatoms. The van der Waals surface area contributed by atoms with Crippen molar-refractivity contribution >= 4 is 11.9 Å². The third-order valence-corrected chi connectivity index (χ3v) is 2.19. The molecule has 5 nitrogen and oxygen atoms in total. The quantitative estimate of drug-likeness (QED) is 0.534. The third kappa shape index (κ3) is 4.60. The van der Waals surface area contributed by atoms with E-state index in [-0.39, 0.29) is 0 Å². The topological polar surface area (TPSA) is 83.8 Å². The minimum atomic E-state index is -1.23.